The molecule has 0 radical (unpaired) electrons. The molecule has 2 aromatic carbocycles. The molecule has 0 unspecified atom stereocenters. The monoisotopic (exact) mass is 361 g/mol. The van der Waals surface area contributed by atoms with E-state index < -0.39 is 0 Å². The second kappa shape index (κ2) is 6.68. The second-order valence-electron chi connectivity index (χ2n) is 6.67. The first-order chi connectivity index (χ1) is 13.0. The van der Waals surface area contributed by atoms with Crippen molar-refractivity contribution in [1.82, 2.24) is 10.2 Å². The molecule has 0 spiro atoms. The molecule has 2 heterocycles. The van der Waals surface area contributed by atoms with Crippen molar-refractivity contribution in [2.45, 2.75) is 26.7 Å². The summed E-state index contributed by atoms with van der Waals surface area (Å²) < 4.78 is 0. The van der Waals surface area contributed by atoms with Gasteiger partial charge in [-0.3, -0.25) is 14.7 Å². The lowest BCUT2D eigenvalue weighted by Gasteiger charge is -2.24. The third-order valence-electron chi connectivity index (χ3n) is 4.59. The highest BCUT2D eigenvalue weighted by Crippen LogP contribution is 2.26. The summed E-state index contributed by atoms with van der Waals surface area (Å²) in [6.07, 6.45) is 2.27. The largest absolute Gasteiger partial charge is 0.321 e. The first kappa shape index (κ1) is 17.0. The third kappa shape index (κ3) is 3.31. The Morgan fingerprint density at radius 2 is 2.00 bits per heavy atom. The molecular formula is C20H19N5O2. The predicted molar refractivity (Wildman–Crippen MR) is 105 cm³/mol. The van der Waals surface area contributed by atoms with E-state index in [9.17, 15) is 9.59 Å². The molecule has 7 nitrogen and oxygen atoms in total. The number of carbonyl (C=O) groups is 2. The summed E-state index contributed by atoms with van der Waals surface area (Å²) in [6.45, 7) is 3.88. The van der Waals surface area contributed by atoms with Gasteiger partial charge in [-0.1, -0.05) is 12.1 Å². The van der Waals surface area contributed by atoms with E-state index >= 15 is 0 Å². The Morgan fingerprint density at radius 3 is 2.85 bits per heavy atom. The van der Waals surface area contributed by atoms with E-state index in [4.69, 9.17) is 0 Å². The summed E-state index contributed by atoms with van der Waals surface area (Å²) in [7, 11) is 0. The number of nitrogens with one attached hydrogen (secondary N) is 2. The number of hydrogen-bond acceptors (Lipinski definition) is 4. The number of fused-ring (bicyclic) bond motifs is 1. The van der Waals surface area contributed by atoms with E-state index in [2.05, 4.69) is 20.6 Å². The van der Waals surface area contributed by atoms with Crippen LogP contribution < -0.4 is 10.3 Å². The smallest absolute Gasteiger partial charge is 0.271 e. The van der Waals surface area contributed by atoms with Gasteiger partial charge in [0.1, 0.15) is 5.71 Å². The van der Waals surface area contributed by atoms with Crippen LogP contribution in [0.2, 0.25) is 0 Å². The molecule has 0 atom stereocenters. The standard InChI is InChI=1S/C20H19N5O2/c1-12-3-4-13(2)18(9-12)25-19(26)8-7-17(24-25)20(27)22-15-5-6-16-14(10-15)11-21-23-16/h3-6,9-11H,7-8H2,1-2H3,(H,21,23)(H,22,27). The van der Waals surface area contributed by atoms with Gasteiger partial charge in [-0.25, -0.2) is 5.01 Å². The zero-order chi connectivity index (χ0) is 19.0. The quantitative estimate of drug-likeness (QED) is 0.750. The average molecular weight is 361 g/mol. The first-order valence-electron chi connectivity index (χ1n) is 8.73. The second-order valence-corrected chi connectivity index (χ2v) is 6.67. The Labute approximate surface area is 156 Å². The Balaban J connectivity index is 1.60. The Hall–Kier alpha value is -3.48. The molecule has 1 aliphatic heterocycles. The molecule has 136 valence electrons. The molecule has 0 bridgehead atoms. The number of benzene rings is 2. The summed E-state index contributed by atoms with van der Waals surface area (Å²) in [4.78, 5) is 25.1. The maximum atomic E-state index is 12.7. The Morgan fingerprint density at radius 1 is 1.15 bits per heavy atom. The zero-order valence-corrected chi connectivity index (χ0v) is 15.1. The summed E-state index contributed by atoms with van der Waals surface area (Å²) in [5.41, 5.74) is 4.57. The number of nitrogens with zero attached hydrogens (tertiary/aromatic N) is 3. The summed E-state index contributed by atoms with van der Waals surface area (Å²) in [6, 6.07) is 11.3. The molecular weight excluding hydrogens is 342 g/mol. The minimum absolute atomic E-state index is 0.111. The number of anilines is 2. The molecule has 0 aliphatic carbocycles. The van der Waals surface area contributed by atoms with Crippen LogP contribution in [0.25, 0.3) is 10.9 Å². The average Bonchev–Trinajstić information content (AvgIpc) is 3.12. The molecule has 7 heteroatoms. The third-order valence-corrected chi connectivity index (χ3v) is 4.59. The normalized spacial score (nSPS) is 14.4. The number of carbonyl (C=O) groups excluding carboxylic acids is 2. The molecule has 4 rings (SSSR count). The van der Waals surface area contributed by atoms with Crippen molar-refractivity contribution in [3.63, 3.8) is 0 Å². The van der Waals surface area contributed by atoms with Gasteiger partial charge in [-0.05, 0) is 49.2 Å². The van der Waals surface area contributed by atoms with Gasteiger partial charge in [0.05, 0.1) is 17.4 Å². The predicted octanol–water partition coefficient (Wildman–Crippen LogP) is 3.30. The van der Waals surface area contributed by atoms with Crippen molar-refractivity contribution >= 4 is 39.8 Å². The molecule has 1 aliphatic rings. The molecule has 0 saturated carbocycles. The van der Waals surface area contributed by atoms with Crippen LogP contribution in [0, 0.1) is 13.8 Å². The number of amides is 2. The van der Waals surface area contributed by atoms with E-state index in [1.165, 1.54) is 5.01 Å². The van der Waals surface area contributed by atoms with Crippen molar-refractivity contribution in [1.29, 1.82) is 0 Å². The summed E-state index contributed by atoms with van der Waals surface area (Å²) in [5, 5.41) is 16.3. The highest BCUT2D eigenvalue weighted by Gasteiger charge is 2.26. The van der Waals surface area contributed by atoms with Gasteiger partial charge in [0.25, 0.3) is 5.91 Å². The van der Waals surface area contributed by atoms with E-state index in [0.717, 1.165) is 22.0 Å². The number of aryl methyl sites for hydroxylation is 2. The van der Waals surface area contributed by atoms with Gasteiger partial charge in [0, 0.05) is 23.9 Å². The number of hydrazone groups is 1. The van der Waals surface area contributed by atoms with Crippen molar-refractivity contribution in [3.8, 4) is 0 Å². The van der Waals surface area contributed by atoms with Crippen LogP contribution >= 0.6 is 0 Å². The Bertz CT molecular complexity index is 1080. The fourth-order valence-electron chi connectivity index (χ4n) is 3.08. The number of hydrogen-bond donors (Lipinski definition) is 2. The Kier molecular flexibility index (Phi) is 4.19. The highest BCUT2D eigenvalue weighted by atomic mass is 16.2. The molecule has 0 fully saturated rings. The summed E-state index contributed by atoms with van der Waals surface area (Å²) in [5.74, 6) is -0.416. The van der Waals surface area contributed by atoms with Crippen molar-refractivity contribution < 1.29 is 9.59 Å². The van der Waals surface area contributed by atoms with Crippen LogP contribution in [0.15, 0.2) is 47.7 Å². The van der Waals surface area contributed by atoms with E-state index in [-0.39, 0.29) is 18.2 Å². The molecule has 27 heavy (non-hydrogen) atoms. The molecule has 3 aromatic rings. The van der Waals surface area contributed by atoms with Crippen LogP contribution in [0.1, 0.15) is 24.0 Å². The fourth-order valence-corrected chi connectivity index (χ4v) is 3.08. The van der Waals surface area contributed by atoms with E-state index in [1.807, 2.05) is 44.2 Å². The minimum Gasteiger partial charge on any atom is -0.321 e. The van der Waals surface area contributed by atoms with Gasteiger partial charge >= 0.3 is 0 Å². The van der Waals surface area contributed by atoms with Crippen LogP contribution in [0.4, 0.5) is 11.4 Å². The maximum absolute atomic E-state index is 12.7. The number of aromatic nitrogens is 2. The van der Waals surface area contributed by atoms with Gasteiger partial charge < -0.3 is 5.32 Å². The number of H-pyrrole nitrogens is 1. The van der Waals surface area contributed by atoms with Crippen molar-refractivity contribution in [2.75, 3.05) is 10.3 Å². The van der Waals surface area contributed by atoms with E-state index in [0.29, 0.717) is 23.5 Å². The zero-order valence-electron chi connectivity index (χ0n) is 15.1. The fraction of sp³-hybridized carbons (Fsp3) is 0.200. The lowest BCUT2D eigenvalue weighted by Crippen LogP contribution is -2.36. The van der Waals surface area contributed by atoms with Gasteiger partial charge in [0.2, 0.25) is 5.91 Å². The lowest BCUT2D eigenvalue weighted by atomic mass is 10.1. The SMILES string of the molecule is Cc1ccc(C)c(N2N=C(C(=O)Nc3ccc4[nH]ncc4c3)CCC2=O)c1. The molecule has 1 aromatic heterocycles. The maximum Gasteiger partial charge on any atom is 0.271 e. The molecule has 2 N–H and O–H groups in total. The van der Waals surface area contributed by atoms with E-state index in [1.54, 1.807) is 12.3 Å². The first-order valence-corrected chi connectivity index (χ1v) is 8.73. The van der Waals surface area contributed by atoms with Gasteiger partial charge in [-0.15, -0.1) is 0 Å². The van der Waals surface area contributed by atoms with Crippen LogP contribution in [0.5, 0.6) is 0 Å². The van der Waals surface area contributed by atoms with Crippen LogP contribution in [0.3, 0.4) is 0 Å². The highest BCUT2D eigenvalue weighted by molar-refractivity contribution is 6.44. The molecule has 0 saturated heterocycles. The lowest BCUT2D eigenvalue weighted by molar-refractivity contribution is -0.118. The van der Waals surface area contributed by atoms with Crippen LogP contribution in [-0.4, -0.2) is 27.7 Å². The van der Waals surface area contributed by atoms with Crippen molar-refractivity contribution in [2.24, 2.45) is 5.10 Å². The number of aromatic amines is 1. The molecule has 2 amide bonds. The minimum atomic E-state index is -0.305. The van der Waals surface area contributed by atoms with Crippen molar-refractivity contribution in [3.05, 3.63) is 53.7 Å². The van der Waals surface area contributed by atoms with Gasteiger partial charge in [0.15, 0.2) is 0 Å². The number of rotatable bonds is 3. The topological polar surface area (TPSA) is 90.4 Å². The van der Waals surface area contributed by atoms with Gasteiger partial charge in [-0.2, -0.15) is 10.2 Å². The van der Waals surface area contributed by atoms with Crippen LogP contribution in [-0.2, 0) is 9.59 Å². The summed E-state index contributed by atoms with van der Waals surface area (Å²) >= 11 is 0.